The molecule has 1 atom stereocenters. The molecule has 0 aliphatic carbocycles. The maximum absolute atomic E-state index is 10.3. The summed E-state index contributed by atoms with van der Waals surface area (Å²) < 4.78 is 0. The molecule has 0 aliphatic heterocycles. The van der Waals surface area contributed by atoms with Gasteiger partial charge in [0.1, 0.15) is 0 Å². The number of nitrogens with one attached hydrogen (secondary N) is 1. The molecule has 0 saturated carbocycles. The second kappa shape index (κ2) is 3.92. The van der Waals surface area contributed by atoms with Crippen LogP contribution in [0.25, 0.3) is 0 Å². The van der Waals surface area contributed by atoms with Crippen LogP contribution < -0.4 is 5.32 Å². The van der Waals surface area contributed by atoms with Gasteiger partial charge in [-0.2, -0.15) is 0 Å². The highest BCUT2D eigenvalue weighted by Gasteiger charge is 1.99. The fourth-order valence-corrected chi connectivity index (χ4v) is 0.924. The van der Waals surface area contributed by atoms with E-state index in [4.69, 9.17) is 0 Å². The highest BCUT2D eigenvalue weighted by Crippen LogP contribution is 2.05. The quantitative estimate of drug-likeness (QED) is 0.566. The van der Waals surface area contributed by atoms with E-state index < -0.39 is 0 Å². The van der Waals surface area contributed by atoms with Gasteiger partial charge in [0.2, 0.25) is 0 Å². The maximum Gasteiger partial charge on any atom is 0.187 e. The maximum atomic E-state index is 10.3. The van der Waals surface area contributed by atoms with Gasteiger partial charge < -0.3 is 5.32 Å². The topological polar surface area (TPSA) is 29.1 Å². The van der Waals surface area contributed by atoms with Crippen molar-refractivity contribution in [2.75, 3.05) is 7.05 Å². The Balaban J connectivity index is 3.24. The van der Waals surface area contributed by atoms with Crippen LogP contribution in [0.5, 0.6) is 0 Å². The first-order chi connectivity index (χ1) is 3.66. The van der Waals surface area contributed by atoms with Crippen molar-refractivity contribution in [3.8, 4) is 0 Å². The van der Waals surface area contributed by atoms with Crippen molar-refractivity contribution in [1.29, 1.82) is 0 Å². The summed E-state index contributed by atoms with van der Waals surface area (Å²) >= 11 is 1.30. The van der Waals surface area contributed by atoms with E-state index in [2.05, 4.69) is 5.32 Å². The normalized spacial score (nSPS) is 13.4. The van der Waals surface area contributed by atoms with E-state index in [1.54, 1.807) is 6.92 Å². The summed E-state index contributed by atoms with van der Waals surface area (Å²) in [7, 11) is 1.83. The summed E-state index contributed by atoms with van der Waals surface area (Å²) in [4.78, 5) is 10.3. The molecule has 1 unspecified atom stereocenters. The number of carbonyl (C=O) groups excluding carboxylic acids is 1. The van der Waals surface area contributed by atoms with Gasteiger partial charge in [-0.15, -0.1) is 0 Å². The van der Waals surface area contributed by atoms with Crippen LogP contribution >= 0.6 is 11.8 Å². The monoisotopic (exact) mass is 133 g/mol. The third-order valence-electron chi connectivity index (χ3n) is 0.749. The fraction of sp³-hybridized carbons (Fsp3) is 0.800. The van der Waals surface area contributed by atoms with Crippen LogP contribution in [0.1, 0.15) is 13.8 Å². The Kier molecular flexibility index (Phi) is 3.91. The highest BCUT2D eigenvalue weighted by atomic mass is 32.2. The summed E-state index contributed by atoms with van der Waals surface area (Å²) in [6.45, 7) is 3.52. The van der Waals surface area contributed by atoms with Gasteiger partial charge in [0.05, 0.1) is 5.37 Å². The molecule has 0 aromatic rings. The van der Waals surface area contributed by atoms with Gasteiger partial charge in [-0.05, 0) is 14.0 Å². The molecule has 8 heavy (non-hydrogen) atoms. The Labute approximate surface area is 54.0 Å². The van der Waals surface area contributed by atoms with Gasteiger partial charge in [-0.1, -0.05) is 11.8 Å². The molecule has 48 valence electrons. The third kappa shape index (κ3) is 4.15. The molecular weight excluding hydrogens is 122 g/mol. The molecule has 3 heteroatoms. The molecule has 1 N–H and O–H groups in total. The third-order valence-corrected chi connectivity index (χ3v) is 1.67. The van der Waals surface area contributed by atoms with Crippen LogP contribution in [-0.4, -0.2) is 17.5 Å². The number of hydrogen-bond acceptors (Lipinski definition) is 3. The Morgan fingerprint density at radius 3 is 2.38 bits per heavy atom. The van der Waals surface area contributed by atoms with Crippen LogP contribution in [0.4, 0.5) is 0 Å². The Morgan fingerprint density at radius 2 is 2.25 bits per heavy atom. The van der Waals surface area contributed by atoms with Crippen molar-refractivity contribution in [1.82, 2.24) is 5.32 Å². The van der Waals surface area contributed by atoms with Gasteiger partial charge in [0, 0.05) is 6.92 Å². The first-order valence-electron chi connectivity index (χ1n) is 2.51. The van der Waals surface area contributed by atoms with E-state index >= 15 is 0 Å². The van der Waals surface area contributed by atoms with E-state index in [1.807, 2.05) is 14.0 Å². The smallest absolute Gasteiger partial charge is 0.187 e. The van der Waals surface area contributed by atoms with Crippen LogP contribution in [0.15, 0.2) is 0 Å². The molecule has 0 fully saturated rings. The molecule has 0 amide bonds. The molecule has 0 spiro atoms. The first-order valence-corrected chi connectivity index (χ1v) is 3.39. The van der Waals surface area contributed by atoms with Gasteiger partial charge in [-0.3, -0.25) is 4.79 Å². The molecule has 0 bridgehead atoms. The predicted octanol–water partition coefficient (Wildman–Crippen LogP) is 0.831. The molecule has 0 heterocycles. The molecular formula is C5H11NOS. The van der Waals surface area contributed by atoms with Crippen LogP contribution in [0, 0.1) is 0 Å². The summed E-state index contributed by atoms with van der Waals surface area (Å²) in [5.41, 5.74) is 0. The number of hydrogen-bond donors (Lipinski definition) is 1. The number of rotatable bonds is 2. The Morgan fingerprint density at radius 1 is 1.75 bits per heavy atom. The van der Waals surface area contributed by atoms with E-state index in [0.717, 1.165) is 0 Å². The zero-order valence-electron chi connectivity index (χ0n) is 5.39. The van der Waals surface area contributed by atoms with Gasteiger partial charge >= 0.3 is 0 Å². The lowest BCUT2D eigenvalue weighted by Gasteiger charge is -2.04. The standard InChI is InChI=1S/C5H11NOS/c1-4(6-3)8-5(2)7/h4,6H,1-3H3. The molecule has 0 saturated heterocycles. The Hall–Kier alpha value is -0.0200. The van der Waals surface area contributed by atoms with Crippen molar-refractivity contribution < 1.29 is 4.79 Å². The minimum Gasteiger partial charge on any atom is -0.308 e. The molecule has 0 aromatic heterocycles. The molecule has 0 aromatic carbocycles. The van der Waals surface area contributed by atoms with Crippen molar-refractivity contribution in [2.24, 2.45) is 0 Å². The van der Waals surface area contributed by atoms with Crippen LogP contribution in [0.2, 0.25) is 0 Å². The lowest BCUT2D eigenvalue weighted by Crippen LogP contribution is -2.18. The second-order valence-electron chi connectivity index (χ2n) is 1.54. The van der Waals surface area contributed by atoms with Crippen molar-refractivity contribution in [3.05, 3.63) is 0 Å². The van der Waals surface area contributed by atoms with Crippen molar-refractivity contribution in [2.45, 2.75) is 19.2 Å². The summed E-state index contributed by atoms with van der Waals surface area (Å²) in [5.74, 6) is 0. The van der Waals surface area contributed by atoms with E-state index in [9.17, 15) is 4.79 Å². The molecule has 0 aliphatic rings. The number of carbonyl (C=O) groups is 1. The lowest BCUT2D eigenvalue weighted by molar-refractivity contribution is -0.109. The van der Waals surface area contributed by atoms with Crippen LogP contribution in [-0.2, 0) is 4.79 Å². The van der Waals surface area contributed by atoms with Gasteiger partial charge in [0.15, 0.2) is 5.12 Å². The average Bonchev–Trinajstić information content (AvgIpc) is 1.65. The first kappa shape index (κ1) is 7.98. The van der Waals surface area contributed by atoms with Crippen LogP contribution in [0.3, 0.4) is 0 Å². The van der Waals surface area contributed by atoms with E-state index in [0.29, 0.717) is 0 Å². The summed E-state index contributed by atoms with van der Waals surface area (Å²) in [6.07, 6.45) is 0. The minimum atomic E-state index is 0.159. The van der Waals surface area contributed by atoms with Crippen molar-refractivity contribution >= 4 is 16.9 Å². The lowest BCUT2D eigenvalue weighted by atomic mass is 10.8. The summed E-state index contributed by atoms with van der Waals surface area (Å²) in [6, 6.07) is 0. The van der Waals surface area contributed by atoms with Gasteiger partial charge in [-0.25, -0.2) is 0 Å². The molecule has 0 radical (unpaired) electrons. The fourth-order valence-electron chi connectivity index (χ4n) is 0.308. The Bertz CT molecular complexity index is 84.5. The SMILES string of the molecule is CNC(C)SC(C)=O. The second-order valence-corrected chi connectivity index (χ2v) is 3.06. The zero-order chi connectivity index (χ0) is 6.57. The molecule has 2 nitrogen and oxygen atoms in total. The molecule has 0 rings (SSSR count). The minimum absolute atomic E-state index is 0.159. The predicted molar refractivity (Wildman–Crippen MR) is 36.8 cm³/mol. The van der Waals surface area contributed by atoms with Crippen molar-refractivity contribution in [3.63, 3.8) is 0 Å². The zero-order valence-corrected chi connectivity index (χ0v) is 6.21. The highest BCUT2D eigenvalue weighted by molar-refractivity contribution is 8.14. The largest absolute Gasteiger partial charge is 0.308 e. The average molecular weight is 133 g/mol. The summed E-state index contributed by atoms with van der Waals surface area (Å²) in [5, 5.41) is 3.34. The van der Waals surface area contributed by atoms with E-state index in [1.165, 1.54) is 11.8 Å². The van der Waals surface area contributed by atoms with E-state index in [-0.39, 0.29) is 10.5 Å². The number of thioether (sulfide) groups is 1. The van der Waals surface area contributed by atoms with Gasteiger partial charge in [0.25, 0.3) is 0 Å².